The Morgan fingerprint density at radius 2 is 2.04 bits per heavy atom. The van der Waals surface area contributed by atoms with Crippen LogP contribution in [0, 0.1) is 0 Å². The maximum Gasteiger partial charge on any atom is 0.259 e. The summed E-state index contributed by atoms with van der Waals surface area (Å²) in [7, 11) is 0. The molecule has 2 N–H and O–H groups in total. The molecule has 4 nitrogen and oxygen atoms in total. The van der Waals surface area contributed by atoms with Crippen molar-refractivity contribution in [1.82, 2.24) is 10.1 Å². The van der Waals surface area contributed by atoms with Crippen molar-refractivity contribution in [2.75, 3.05) is 0 Å². The Labute approximate surface area is 155 Å². The number of benzene rings is 1. The van der Waals surface area contributed by atoms with Crippen molar-refractivity contribution in [1.29, 1.82) is 0 Å². The molecule has 0 unspecified atom stereocenters. The van der Waals surface area contributed by atoms with Crippen LogP contribution in [0.4, 0.5) is 0 Å². The van der Waals surface area contributed by atoms with Gasteiger partial charge in [0.25, 0.3) is 5.89 Å². The summed E-state index contributed by atoms with van der Waals surface area (Å²) >= 11 is 3.56. The van der Waals surface area contributed by atoms with Gasteiger partial charge in [-0.2, -0.15) is 4.98 Å². The van der Waals surface area contributed by atoms with E-state index in [0.717, 1.165) is 35.5 Å². The first kappa shape index (κ1) is 17.5. The van der Waals surface area contributed by atoms with E-state index in [1.54, 1.807) is 23.1 Å². The standard InChI is InChI=1S/C17H17N3OS2.ClH/c18-17(8-4-9-17)16-19-15(21-20-16)13-6-1-2-7-14(13)23-11-12-5-3-10-22-12;/h1-3,5-7,10H,4,8-9,11,18H2;1H. The van der Waals surface area contributed by atoms with E-state index in [1.165, 1.54) is 4.88 Å². The Morgan fingerprint density at radius 1 is 1.21 bits per heavy atom. The lowest BCUT2D eigenvalue weighted by Gasteiger charge is -2.34. The first-order valence-corrected chi connectivity index (χ1v) is 9.49. The highest BCUT2D eigenvalue weighted by molar-refractivity contribution is 7.98. The van der Waals surface area contributed by atoms with Crippen LogP contribution in [0.1, 0.15) is 30.0 Å². The predicted molar refractivity (Wildman–Crippen MR) is 101 cm³/mol. The van der Waals surface area contributed by atoms with Crippen LogP contribution in [-0.2, 0) is 11.3 Å². The molecule has 4 rings (SSSR count). The van der Waals surface area contributed by atoms with Gasteiger partial charge >= 0.3 is 0 Å². The minimum Gasteiger partial charge on any atom is -0.334 e. The number of nitrogens with zero attached hydrogens (tertiary/aromatic N) is 2. The number of aromatic nitrogens is 2. The van der Waals surface area contributed by atoms with Gasteiger partial charge in [0.2, 0.25) is 0 Å². The third kappa shape index (κ3) is 3.37. The van der Waals surface area contributed by atoms with Crippen LogP contribution in [0.5, 0.6) is 0 Å². The molecule has 0 atom stereocenters. The molecule has 3 aromatic rings. The molecule has 1 fully saturated rings. The Morgan fingerprint density at radius 3 is 2.75 bits per heavy atom. The van der Waals surface area contributed by atoms with Gasteiger partial charge in [-0.05, 0) is 42.8 Å². The summed E-state index contributed by atoms with van der Waals surface area (Å²) in [5.74, 6) is 2.14. The molecule has 0 saturated heterocycles. The van der Waals surface area contributed by atoms with Crippen molar-refractivity contribution in [2.24, 2.45) is 5.73 Å². The monoisotopic (exact) mass is 379 g/mol. The largest absolute Gasteiger partial charge is 0.334 e. The van der Waals surface area contributed by atoms with Crippen LogP contribution in [0.25, 0.3) is 11.5 Å². The molecule has 0 aliphatic heterocycles. The van der Waals surface area contributed by atoms with Gasteiger partial charge in [-0.25, -0.2) is 0 Å². The van der Waals surface area contributed by atoms with Gasteiger partial charge in [0.05, 0.1) is 11.1 Å². The minimum atomic E-state index is -0.388. The zero-order valence-corrected chi connectivity index (χ0v) is 15.4. The Balaban J connectivity index is 0.00000169. The van der Waals surface area contributed by atoms with Crippen molar-refractivity contribution in [2.45, 2.75) is 35.4 Å². The normalized spacial score (nSPS) is 15.5. The minimum absolute atomic E-state index is 0. The van der Waals surface area contributed by atoms with E-state index in [9.17, 15) is 0 Å². The van der Waals surface area contributed by atoms with Gasteiger partial charge < -0.3 is 10.3 Å². The van der Waals surface area contributed by atoms with Crippen molar-refractivity contribution < 1.29 is 4.52 Å². The van der Waals surface area contributed by atoms with E-state index in [1.807, 2.05) is 18.2 Å². The van der Waals surface area contributed by atoms with E-state index in [0.29, 0.717) is 11.7 Å². The second kappa shape index (κ2) is 7.27. The van der Waals surface area contributed by atoms with Gasteiger partial charge in [-0.1, -0.05) is 23.4 Å². The molecule has 1 aromatic carbocycles. The summed E-state index contributed by atoms with van der Waals surface area (Å²) in [6, 6.07) is 12.4. The quantitative estimate of drug-likeness (QED) is 0.642. The van der Waals surface area contributed by atoms with E-state index < -0.39 is 0 Å². The third-order valence-corrected chi connectivity index (χ3v) is 6.37. The Bertz CT molecular complexity index is 800. The number of thiophene rings is 1. The molecular formula is C17H18ClN3OS2. The Hall–Kier alpha value is -1.34. The summed E-state index contributed by atoms with van der Waals surface area (Å²) in [6.45, 7) is 0. The molecule has 24 heavy (non-hydrogen) atoms. The maximum absolute atomic E-state index is 6.29. The van der Waals surface area contributed by atoms with E-state index >= 15 is 0 Å². The van der Waals surface area contributed by atoms with Crippen molar-refractivity contribution in [3.05, 3.63) is 52.5 Å². The number of hydrogen-bond donors (Lipinski definition) is 1. The molecule has 2 heterocycles. The number of hydrogen-bond acceptors (Lipinski definition) is 6. The fourth-order valence-corrected chi connectivity index (χ4v) is 4.45. The molecule has 1 aliphatic rings. The molecule has 2 aromatic heterocycles. The van der Waals surface area contributed by atoms with Crippen LogP contribution >= 0.6 is 35.5 Å². The molecule has 1 aliphatic carbocycles. The van der Waals surface area contributed by atoms with Crippen molar-refractivity contribution in [3.8, 4) is 11.5 Å². The first-order valence-electron chi connectivity index (χ1n) is 7.62. The highest BCUT2D eigenvalue weighted by atomic mass is 35.5. The number of rotatable bonds is 5. The Kier molecular flexibility index (Phi) is 5.30. The lowest BCUT2D eigenvalue weighted by atomic mass is 9.77. The van der Waals surface area contributed by atoms with Crippen molar-refractivity contribution >= 4 is 35.5 Å². The maximum atomic E-state index is 6.29. The molecular weight excluding hydrogens is 362 g/mol. The second-order valence-corrected chi connectivity index (χ2v) is 7.85. The lowest BCUT2D eigenvalue weighted by Crippen LogP contribution is -2.44. The van der Waals surface area contributed by atoms with E-state index in [2.05, 4.69) is 33.7 Å². The highest BCUT2D eigenvalue weighted by Crippen LogP contribution is 2.39. The van der Waals surface area contributed by atoms with Gasteiger partial charge in [0.1, 0.15) is 0 Å². The van der Waals surface area contributed by atoms with Gasteiger partial charge in [-0.15, -0.1) is 35.5 Å². The SMILES string of the molecule is Cl.NC1(c2noc(-c3ccccc3SCc3cccs3)n2)CCC1. The molecule has 0 spiro atoms. The average molecular weight is 380 g/mol. The summed E-state index contributed by atoms with van der Waals surface area (Å²) in [4.78, 5) is 7.07. The zero-order chi connectivity index (χ0) is 15.7. The number of nitrogens with two attached hydrogens (primary N) is 1. The highest BCUT2D eigenvalue weighted by Gasteiger charge is 2.39. The fourth-order valence-electron chi connectivity index (χ4n) is 2.63. The lowest BCUT2D eigenvalue weighted by molar-refractivity contribution is 0.229. The van der Waals surface area contributed by atoms with Crippen LogP contribution in [-0.4, -0.2) is 10.1 Å². The van der Waals surface area contributed by atoms with Gasteiger partial charge in [0, 0.05) is 15.5 Å². The van der Waals surface area contributed by atoms with Crippen LogP contribution in [0.2, 0.25) is 0 Å². The summed E-state index contributed by atoms with van der Waals surface area (Å²) in [6.07, 6.45) is 3.00. The summed E-state index contributed by atoms with van der Waals surface area (Å²) in [5.41, 5.74) is 6.88. The number of thioether (sulfide) groups is 1. The van der Waals surface area contributed by atoms with Gasteiger partial charge in [-0.3, -0.25) is 0 Å². The molecule has 0 radical (unpaired) electrons. The fraction of sp³-hybridized carbons (Fsp3) is 0.294. The number of halogens is 1. The zero-order valence-electron chi connectivity index (χ0n) is 13.0. The molecule has 7 heteroatoms. The van der Waals surface area contributed by atoms with E-state index in [4.69, 9.17) is 10.3 Å². The molecule has 126 valence electrons. The van der Waals surface area contributed by atoms with Crippen molar-refractivity contribution in [3.63, 3.8) is 0 Å². The molecule has 0 amide bonds. The van der Waals surface area contributed by atoms with E-state index in [-0.39, 0.29) is 17.9 Å². The average Bonchev–Trinajstić information content (AvgIpc) is 3.22. The molecule has 1 saturated carbocycles. The van der Waals surface area contributed by atoms with Crippen LogP contribution < -0.4 is 5.73 Å². The predicted octanol–water partition coefficient (Wildman–Crippen LogP) is 4.85. The van der Waals surface area contributed by atoms with Crippen LogP contribution in [0.15, 0.2) is 51.2 Å². The first-order chi connectivity index (χ1) is 11.2. The summed E-state index contributed by atoms with van der Waals surface area (Å²) in [5, 5.41) is 6.22. The third-order valence-electron chi connectivity index (χ3n) is 4.18. The smallest absolute Gasteiger partial charge is 0.259 e. The topological polar surface area (TPSA) is 64.9 Å². The molecule has 0 bridgehead atoms. The van der Waals surface area contributed by atoms with Crippen LogP contribution in [0.3, 0.4) is 0 Å². The van der Waals surface area contributed by atoms with Gasteiger partial charge in [0.15, 0.2) is 5.82 Å². The summed E-state index contributed by atoms with van der Waals surface area (Å²) < 4.78 is 5.50. The second-order valence-electron chi connectivity index (χ2n) is 5.80.